The normalized spacial score (nSPS) is 15.2. The molecule has 0 aliphatic heterocycles. The number of halogens is 1. The first-order valence-electron chi connectivity index (χ1n) is 10.1. The second kappa shape index (κ2) is 7.77. The number of hydrogen-bond acceptors (Lipinski definition) is 4. The lowest BCUT2D eigenvalue weighted by Crippen LogP contribution is -2.28. The lowest BCUT2D eigenvalue weighted by atomic mass is 10.1. The minimum atomic E-state index is -0.329. The molecular weight excluding hydrogens is 371 g/mol. The predicted molar refractivity (Wildman–Crippen MR) is 107 cm³/mol. The summed E-state index contributed by atoms with van der Waals surface area (Å²) in [5.74, 6) is 1.04. The van der Waals surface area contributed by atoms with Gasteiger partial charge in [0.25, 0.3) is 5.91 Å². The second-order valence-electron chi connectivity index (χ2n) is 7.60. The lowest BCUT2D eigenvalue weighted by Gasteiger charge is -2.10. The monoisotopic (exact) mass is 396 g/mol. The molecule has 0 bridgehead atoms. The van der Waals surface area contributed by atoms with Crippen molar-refractivity contribution >= 4 is 5.91 Å². The Bertz CT molecular complexity index is 1040. The number of carbonyl (C=O) groups excluding carboxylic acids is 1. The number of aromatic nitrogens is 5. The van der Waals surface area contributed by atoms with Gasteiger partial charge >= 0.3 is 0 Å². The van der Waals surface area contributed by atoms with Gasteiger partial charge in [0, 0.05) is 17.2 Å². The number of carbonyl (C=O) groups is 1. The van der Waals surface area contributed by atoms with E-state index in [0.717, 1.165) is 42.8 Å². The van der Waals surface area contributed by atoms with Gasteiger partial charge in [-0.15, -0.1) is 0 Å². The van der Waals surface area contributed by atoms with E-state index in [1.807, 2.05) is 6.92 Å². The summed E-state index contributed by atoms with van der Waals surface area (Å²) in [6.45, 7) is 6.02. The molecule has 2 atom stereocenters. The third-order valence-electron chi connectivity index (χ3n) is 5.53. The van der Waals surface area contributed by atoms with Crippen molar-refractivity contribution in [3.63, 3.8) is 0 Å². The molecule has 4 rings (SSSR count). The van der Waals surface area contributed by atoms with Gasteiger partial charge in [-0.1, -0.05) is 19.9 Å². The molecule has 0 radical (unpaired) electrons. The number of aromatic amines is 1. The van der Waals surface area contributed by atoms with Crippen molar-refractivity contribution in [1.82, 2.24) is 30.3 Å². The van der Waals surface area contributed by atoms with Crippen molar-refractivity contribution in [2.75, 3.05) is 0 Å². The van der Waals surface area contributed by atoms with Crippen molar-refractivity contribution in [3.05, 3.63) is 58.7 Å². The Labute approximate surface area is 168 Å². The van der Waals surface area contributed by atoms with Crippen LogP contribution in [-0.4, -0.2) is 30.9 Å². The number of amides is 1. The number of nitrogens with zero attached hydrogens (tertiary/aromatic N) is 4. The van der Waals surface area contributed by atoms with Gasteiger partial charge in [0.1, 0.15) is 11.6 Å². The summed E-state index contributed by atoms with van der Waals surface area (Å²) >= 11 is 0. The number of hydrogen-bond donors (Lipinski definition) is 2. The molecule has 7 nitrogen and oxygen atoms in total. The minimum Gasteiger partial charge on any atom is -0.341 e. The number of fused-ring (bicyclic) bond motifs is 1. The second-order valence-corrected chi connectivity index (χ2v) is 7.60. The smallest absolute Gasteiger partial charge is 0.272 e. The Morgan fingerprint density at radius 1 is 1.34 bits per heavy atom. The number of H-pyrrole nitrogens is 1. The van der Waals surface area contributed by atoms with E-state index in [4.69, 9.17) is 0 Å². The Balaban J connectivity index is 1.58. The Hall–Kier alpha value is -3.03. The molecule has 8 heteroatoms. The van der Waals surface area contributed by atoms with Gasteiger partial charge in [0.2, 0.25) is 0 Å². The number of nitrogens with one attached hydrogen (secondary N) is 2. The predicted octanol–water partition coefficient (Wildman–Crippen LogP) is 3.62. The summed E-state index contributed by atoms with van der Waals surface area (Å²) in [5, 5.41) is 14.7. The van der Waals surface area contributed by atoms with Gasteiger partial charge < -0.3 is 5.32 Å². The highest BCUT2D eigenvalue weighted by molar-refractivity contribution is 5.94. The Morgan fingerprint density at radius 2 is 2.17 bits per heavy atom. The van der Waals surface area contributed by atoms with Crippen LogP contribution in [0.4, 0.5) is 4.39 Å². The first kappa shape index (κ1) is 19.3. The van der Waals surface area contributed by atoms with E-state index in [0.29, 0.717) is 17.2 Å². The van der Waals surface area contributed by atoms with E-state index < -0.39 is 0 Å². The number of benzene rings is 1. The molecule has 2 unspecified atom stereocenters. The van der Waals surface area contributed by atoms with Crippen molar-refractivity contribution in [2.45, 2.75) is 58.4 Å². The van der Waals surface area contributed by atoms with Crippen LogP contribution >= 0.6 is 0 Å². The average Bonchev–Trinajstić information content (AvgIpc) is 3.43. The molecule has 0 spiro atoms. The molecule has 1 aromatic carbocycles. The molecule has 0 fully saturated rings. The van der Waals surface area contributed by atoms with Crippen LogP contribution in [0.25, 0.3) is 5.69 Å². The highest BCUT2D eigenvalue weighted by atomic mass is 19.1. The van der Waals surface area contributed by atoms with Crippen LogP contribution in [0.5, 0.6) is 0 Å². The third kappa shape index (κ3) is 3.66. The quantitative estimate of drug-likeness (QED) is 0.666. The van der Waals surface area contributed by atoms with E-state index >= 15 is 0 Å². The summed E-state index contributed by atoms with van der Waals surface area (Å²) < 4.78 is 15.4. The Kier molecular flexibility index (Phi) is 5.17. The fraction of sp³-hybridized carbons (Fsp3) is 0.429. The van der Waals surface area contributed by atoms with Crippen molar-refractivity contribution < 1.29 is 9.18 Å². The maximum Gasteiger partial charge on any atom is 0.272 e. The maximum atomic E-state index is 13.7. The van der Waals surface area contributed by atoms with Crippen LogP contribution in [0.2, 0.25) is 0 Å². The van der Waals surface area contributed by atoms with Crippen molar-refractivity contribution in [3.8, 4) is 5.69 Å². The summed E-state index contributed by atoms with van der Waals surface area (Å²) in [6, 6.07) is 5.94. The molecule has 2 N–H and O–H groups in total. The summed E-state index contributed by atoms with van der Waals surface area (Å²) in [4.78, 5) is 17.5. The molecular formula is C21H25FN6O. The van der Waals surface area contributed by atoms with Crippen LogP contribution < -0.4 is 5.32 Å². The van der Waals surface area contributed by atoms with Gasteiger partial charge in [0.15, 0.2) is 11.5 Å². The number of rotatable bonds is 6. The van der Waals surface area contributed by atoms with Crippen molar-refractivity contribution in [2.24, 2.45) is 0 Å². The molecule has 0 saturated heterocycles. The SMILES string of the molecule is CCC(C)c1n[nH]c(C(C)NC(=O)c2nn(-c3cccc(F)c3)c3c2CCC3)n1. The molecule has 1 aliphatic carbocycles. The molecule has 3 aromatic rings. The maximum absolute atomic E-state index is 13.7. The Morgan fingerprint density at radius 3 is 2.93 bits per heavy atom. The highest BCUT2D eigenvalue weighted by Gasteiger charge is 2.28. The minimum absolute atomic E-state index is 0.257. The van der Waals surface area contributed by atoms with Gasteiger partial charge in [-0.2, -0.15) is 10.2 Å². The highest BCUT2D eigenvalue weighted by Crippen LogP contribution is 2.28. The van der Waals surface area contributed by atoms with Crippen LogP contribution in [0.15, 0.2) is 24.3 Å². The summed E-state index contributed by atoms with van der Waals surface area (Å²) in [5.41, 5.74) is 2.95. The van der Waals surface area contributed by atoms with Gasteiger partial charge in [-0.3, -0.25) is 9.89 Å². The summed E-state index contributed by atoms with van der Waals surface area (Å²) in [6.07, 6.45) is 3.52. The molecule has 2 heterocycles. The van der Waals surface area contributed by atoms with Crippen molar-refractivity contribution in [1.29, 1.82) is 0 Å². The van der Waals surface area contributed by atoms with Gasteiger partial charge in [-0.25, -0.2) is 14.1 Å². The van der Waals surface area contributed by atoms with Gasteiger partial charge in [0.05, 0.1) is 11.7 Å². The summed E-state index contributed by atoms with van der Waals surface area (Å²) in [7, 11) is 0. The van der Waals surface area contributed by atoms with Crippen LogP contribution in [0, 0.1) is 5.82 Å². The van der Waals surface area contributed by atoms with Crippen LogP contribution in [0.3, 0.4) is 0 Å². The van der Waals surface area contributed by atoms with Gasteiger partial charge in [-0.05, 0) is 50.8 Å². The zero-order valence-electron chi connectivity index (χ0n) is 16.9. The molecule has 1 aliphatic rings. The molecule has 152 valence electrons. The zero-order chi connectivity index (χ0) is 20.5. The first-order chi connectivity index (χ1) is 14.0. The third-order valence-corrected chi connectivity index (χ3v) is 5.53. The van der Waals surface area contributed by atoms with E-state index in [9.17, 15) is 9.18 Å². The van der Waals surface area contributed by atoms with E-state index in [2.05, 4.69) is 39.4 Å². The fourth-order valence-corrected chi connectivity index (χ4v) is 3.66. The van der Waals surface area contributed by atoms with Crippen LogP contribution in [0.1, 0.15) is 79.0 Å². The molecule has 2 aromatic heterocycles. The largest absolute Gasteiger partial charge is 0.341 e. The van der Waals surface area contributed by atoms with E-state index in [-0.39, 0.29) is 23.7 Å². The topological polar surface area (TPSA) is 88.5 Å². The molecule has 0 saturated carbocycles. The molecule has 29 heavy (non-hydrogen) atoms. The zero-order valence-corrected chi connectivity index (χ0v) is 16.9. The van der Waals surface area contributed by atoms with E-state index in [1.54, 1.807) is 16.8 Å². The first-order valence-corrected chi connectivity index (χ1v) is 10.1. The standard InChI is InChI=1S/C21H25FN6O/c1-4-12(2)19-24-20(26-25-19)13(3)23-21(29)18-16-9-6-10-17(16)28(27-18)15-8-5-7-14(22)11-15/h5,7-8,11-13H,4,6,9-10H2,1-3H3,(H,23,29)(H,24,25,26). The lowest BCUT2D eigenvalue weighted by molar-refractivity contribution is 0.0932. The fourth-order valence-electron chi connectivity index (χ4n) is 3.66. The average molecular weight is 396 g/mol. The molecule has 1 amide bonds. The van der Waals surface area contributed by atoms with Crippen LogP contribution in [-0.2, 0) is 12.8 Å². The van der Waals surface area contributed by atoms with E-state index in [1.165, 1.54) is 12.1 Å².